The minimum atomic E-state index is -0.449. The maximum atomic E-state index is 11.0. The molecule has 1 fully saturated rings. The lowest BCUT2D eigenvalue weighted by molar-refractivity contribution is -0.384. The molecule has 20 heavy (non-hydrogen) atoms. The average molecular weight is 300 g/mol. The van der Waals surface area contributed by atoms with Crippen molar-refractivity contribution in [2.24, 2.45) is 0 Å². The molecule has 8 heteroatoms. The fraction of sp³-hybridized carbons (Fsp3) is 0.583. The summed E-state index contributed by atoms with van der Waals surface area (Å²) in [5.74, 6) is 0.356. The van der Waals surface area contributed by atoms with Crippen molar-refractivity contribution in [1.82, 2.24) is 15.2 Å². The van der Waals surface area contributed by atoms with Gasteiger partial charge in [0.1, 0.15) is 0 Å². The van der Waals surface area contributed by atoms with Gasteiger partial charge in [-0.15, -0.1) is 0 Å². The van der Waals surface area contributed by atoms with E-state index in [2.05, 4.69) is 15.2 Å². The molecule has 0 spiro atoms. The average Bonchev–Trinajstić information content (AvgIpc) is 2.45. The Morgan fingerprint density at radius 3 is 2.90 bits per heavy atom. The number of likely N-dealkylation sites (N-methyl/N-ethyl adjacent to an activating group) is 1. The van der Waals surface area contributed by atoms with Crippen molar-refractivity contribution in [1.29, 1.82) is 0 Å². The van der Waals surface area contributed by atoms with Crippen LogP contribution in [0.25, 0.3) is 0 Å². The predicted octanol–water partition coefficient (Wildman–Crippen LogP) is 0.985. The van der Waals surface area contributed by atoms with Gasteiger partial charge in [0.15, 0.2) is 0 Å². The summed E-state index contributed by atoms with van der Waals surface area (Å²) in [6.07, 6.45) is 1.44. The van der Waals surface area contributed by atoms with Crippen LogP contribution < -0.4 is 10.2 Å². The third-order valence-corrected chi connectivity index (χ3v) is 3.54. The van der Waals surface area contributed by atoms with Crippen molar-refractivity contribution >= 4 is 23.1 Å². The Balaban J connectivity index is 2.01. The summed E-state index contributed by atoms with van der Waals surface area (Å²) in [7, 11) is 1.81. The van der Waals surface area contributed by atoms with E-state index in [-0.39, 0.29) is 10.7 Å². The fourth-order valence-corrected chi connectivity index (χ4v) is 2.33. The first-order valence-corrected chi connectivity index (χ1v) is 6.90. The van der Waals surface area contributed by atoms with Crippen molar-refractivity contribution < 1.29 is 4.92 Å². The maximum absolute atomic E-state index is 11.0. The Morgan fingerprint density at radius 1 is 1.55 bits per heavy atom. The third-order valence-electron chi connectivity index (χ3n) is 3.33. The molecule has 0 amide bonds. The van der Waals surface area contributed by atoms with Gasteiger partial charge in [-0.25, -0.2) is 4.98 Å². The van der Waals surface area contributed by atoms with Crippen molar-refractivity contribution in [3.05, 3.63) is 27.4 Å². The van der Waals surface area contributed by atoms with Crippen LogP contribution >= 0.6 is 11.6 Å². The molecule has 0 aromatic carbocycles. The lowest BCUT2D eigenvalue weighted by Crippen LogP contribution is -2.46. The molecule has 0 radical (unpaired) electrons. The quantitative estimate of drug-likeness (QED) is 0.645. The van der Waals surface area contributed by atoms with Crippen LogP contribution in [-0.2, 0) is 0 Å². The van der Waals surface area contributed by atoms with E-state index in [1.807, 2.05) is 7.05 Å². The molecule has 2 rings (SSSR count). The molecule has 0 bridgehead atoms. The second-order valence-corrected chi connectivity index (χ2v) is 5.20. The van der Waals surface area contributed by atoms with Crippen LogP contribution in [0.15, 0.2) is 12.3 Å². The molecule has 0 saturated carbocycles. The summed E-state index contributed by atoms with van der Waals surface area (Å²) >= 11 is 5.76. The highest BCUT2D eigenvalue weighted by atomic mass is 35.5. The molecular formula is C12H18ClN5O2. The lowest BCUT2D eigenvalue weighted by atomic mass is 10.3. The van der Waals surface area contributed by atoms with Gasteiger partial charge < -0.3 is 10.2 Å². The second kappa shape index (κ2) is 6.83. The van der Waals surface area contributed by atoms with Crippen LogP contribution in [0, 0.1) is 10.1 Å². The van der Waals surface area contributed by atoms with Gasteiger partial charge >= 0.3 is 5.69 Å². The summed E-state index contributed by atoms with van der Waals surface area (Å²) in [5.41, 5.74) is -0.0553. The SMILES string of the molecule is CN(CCN1CCNCC1)c1ncc(Cl)cc1[N+](=O)[O-]. The Morgan fingerprint density at radius 2 is 2.25 bits per heavy atom. The smallest absolute Gasteiger partial charge is 0.313 e. The molecule has 1 aromatic heterocycles. The maximum Gasteiger partial charge on any atom is 0.313 e. The molecular weight excluding hydrogens is 282 g/mol. The number of hydrogen-bond donors (Lipinski definition) is 1. The van der Waals surface area contributed by atoms with Gasteiger partial charge in [-0.05, 0) is 0 Å². The molecule has 0 aliphatic carbocycles. The zero-order valence-corrected chi connectivity index (χ0v) is 12.1. The largest absolute Gasteiger partial charge is 0.353 e. The van der Waals surface area contributed by atoms with E-state index >= 15 is 0 Å². The highest BCUT2D eigenvalue weighted by molar-refractivity contribution is 6.30. The van der Waals surface area contributed by atoms with Crippen LogP contribution in [0.2, 0.25) is 5.02 Å². The standard InChI is InChI=1S/C12H18ClN5O2/c1-16(6-7-17-4-2-14-3-5-17)12-11(18(19)20)8-10(13)9-15-12/h8-9,14H,2-7H2,1H3. The van der Waals surface area contributed by atoms with Gasteiger partial charge in [0, 0.05) is 58.6 Å². The normalized spacial score (nSPS) is 16.1. The molecule has 1 aromatic rings. The van der Waals surface area contributed by atoms with Crippen molar-refractivity contribution in [2.75, 3.05) is 51.2 Å². The summed E-state index contributed by atoms with van der Waals surface area (Å²) in [6.45, 7) is 5.54. The minimum absolute atomic E-state index is 0.0553. The van der Waals surface area contributed by atoms with Crippen molar-refractivity contribution in [3.8, 4) is 0 Å². The number of aromatic nitrogens is 1. The number of halogens is 1. The number of nitrogens with zero attached hydrogens (tertiary/aromatic N) is 4. The lowest BCUT2D eigenvalue weighted by Gasteiger charge is -2.29. The van der Waals surface area contributed by atoms with Crippen LogP contribution in [0.4, 0.5) is 11.5 Å². The molecule has 1 aliphatic rings. The predicted molar refractivity (Wildman–Crippen MR) is 78.5 cm³/mol. The van der Waals surface area contributed by atoms with Crippen molar-refractivity contribution in [2.45, 2.75) is 0 Å². The number of nitro groups is 1. The second-order valence-electron chi connectivity index (χ2n) is 4.77. The number of rotatable bonds is 5. The first-order chi connectivity index (χ1) is 9.58. The van der Waals surface area contributed by atoms with E-state index in [0.29, 0.717) is 12.4 Å². The first kappa shape index (κ1) is 15.0. The van der Waals surface area contributed by atoms with E-state index in [4.69, 9.17) is 11.6 Å². The van der Waals surface area contributed by atoms with E-state index < -0.39 is 4.92 Å². The Kier molecular flexibility index (Phi) is 5.11. The summed E-state index contributed by atoms with van der Waals surface area (Å²) in [6, 6.07) is 1.34. The number of anilines is 1. The monoisotopic (exact) mass is 299 g/mol. The molecule has 7 nitrogen and oxygen atoms in total. The van der Waals surface area contributed by atoms with Gasteiger partial charge in [0.05, 0.1) is 9.95 Å². The fourth-order valence-electron chi connectivity index (χ4n) is 2.18. The van der Waals surface area contributed by atoms with Crippen LogP contribution in [-0.4, -0.2) is 61.1 Å². The zero-order chi connectivity index (χ0) is 14.5. The van der Waals surface area contributed by atoms with Gasteiger partial charge in [-0.2, -0.15) is 0 Å². The van der Waals surface area contributed by atoms with Gasteiger partial charge in [0.25, 0.3) is 0 Å². The van der Waals surface area contributed by atoms with Gasteiger partial charge in [-0.1, -0.05) is 11.6 Å². The summed E-state index contributed by atoms with van der Waals surface area (Å²) in [4.78, 5) is 18.8. The third kappa shape index (κ3) is 3.78. The zero-order valence-electron chi connectivity index (χ0n) is 11.4. The molecule has 0 unspecified atom stereocenters. The first-order valence-electron chi connectivity index (χ1n) is 6.52. The molecule has 1 saturated heterocycles. The Bertz CT molecular complexity index is 479. The number of pyridine rings is 1. The highest BCUT2D eigenvalue weighted by Gasteiger charge is 2.20. The summed E-state index contributed by atoms with van der Waals surface area (Å²) in [5, 5.41) is 14.6. The van der Waals surface area contributed by atoms with E-state index in [9.17, 15) is 10.1 Å². The molecule has 2 heterocycles. The number of piperazine rings is 1. The molecule has 1 aliphatic heterocycles. The van der Waals surface area contributed by atoms with Crippen molar-refractivity contribution in [3.63, 3.8) is 0 Å². The van der Waals surface area contributed by atoms with E-state index in [0.717, 1.165) is 32.7 Å². The number of nitrogens with one attached hydrogen (secondary N) is 1. The number of hydrogen-bond acceptors (Lipinski definition) is 6. The van der Waals surface area contributed by atoms with Gasteiger partial charge in [-0.3, -0.25) is 15.0 Å². The highest BCUT2D eigenvalue weighted by Crippen LogP contribution is 2.27. The van der Waals surface area contributed by atoms with Crippen LogP contribution in [0.3, 0.4) is 0 Å². The molecule has 0 atom stereocenters. The Labute approximate surface area is 122 Å². The molecule has 110 valence electrons. The van der Waals surface area contributed by atoms with E-state index in [1.165, 1.54) is 12.3 Å². The van der Waals surface area contributed by atoms with Crippen LogP contribution in [0.1, 0.15) is 0 Å². The minimum Gasteiger partial charge on any atom is -0.353 e. The summed E-state index contributed by atoms with van der Waals surface area (Å²) < 4.78 is 0. The molecule has 1 N–H and O–H groups in total. The topological polar surface area (TPSA) is 74.5 Å². The van der Waals surface area contributed by atoms with Gasteiger partial charge in [0.2, 0.25) is 5.82 Å². The van der Waals surface area contributed by atoms with E-state index in [1.54, 1.807) is 4.90 Å². The van der Waals surface area contributed by atoms with Crippen LogP contribution in [0.5, 0.6) is 0 Å². The Hall–Kier alpha value is -1.44.